The Bertz CT molecular complexity index is 225. The molecule has 1 heterocycles. The van der Waals surface area contributed by atoms with E-state index in [-0.39, 0.29) is 0 Å². The number of hydrogen-bond acceptors (Lipinski definition) is 3. The molecule has 0 aromatic rings. The van der Waals surface area contributed by atoms with Crippen molar-refractivity contribution >= 4 is 17.7 Å². The summed E-state index contributed by atoms with van der Waals surface area (Å²) in [5.74, 6) is 1.83. The second kappa shape index (κ2) is 5.21. The summed E-state index contributed by atoms with van der Waals surface area (Å²) in [6.07, 6.45) is 5.42. The van der Waals surface area contributed by atoms with Crippen LogP contribution in [-0.2, 0) is 4.79 Å². The molecule has 0 amide bonds. The van der Waals surface area contributed by atoms with Gasteiger partial charge in [-0.1, -0.05) is 0 Å². The zero-order valence-corrected chi connectivity index (χ0v) is 9.84. The van der Waals surface area contributed by atoms with Gasteiger partial charge in [0.1, 0.15) is 0 Å². The van der Waals surface area contributed by atoms with E-state index in [1.807, 2.05) is 11.8 Å². The van der Waals surface area contributed by atoms with E-state index in [2.05, 4.69) is 4.90 Å². The lowest BCUT2D eigenvalue weighted by Crippen LogP contribution is -2.41. The fourth-order valence-corrected chi connectivity index (χ4v) is 3.45. The highest BCUT2D eigenvalue weighted by molar-refractivity contribution is 7.99. The van der Waals surface area contributed by atoms with Gasteiger partial charge in [-0.05, 0) is 31.4 Å². The maximum absolute atomic E-state index is 10.6. The lowest BCUT2D eigenvalue weighted by atomic mass is 10.1. The third-order valence-electron chi connectivity index (χ3n) is 3.21. The second-order valence-corrected chi connectivity index (χ2v) is 5.63. The van der Waals surface area contributed by atoms with Gasteiger partial charge in [0.25, 0.3) is 0 Å². The van der Waals surface area contributed by atoms with Crippen LogP contribution >= 0.6 is 11.8 Å². The third-order valence-corrected chi connectivity index (χ3v) is 4.40. The van der Waals surface area contributed by atoms with Gasteiger partial charge in [0, 0.05) is 24.4 Å². The van der Waals surface area contributed by atoms with Crippen LogP contribution in [0.4, 0.5) is 0 Å². The van der Waals surface area contributed by atoms with Crippen LogP contribution in [0.3, 0.4) is 0 Å². The normalized spacial score (nSPS) is 26.9. The summed E-state index contributed by atoms with van der Waals surface area (Å²) in [4.78, 5) is 13.1. The number of carboxylic acid groups (broad SMARTS) is 1. The lowest BCUT2D eigenvalue weighted by Gasteiger charge is -2.33. The van der Waals surface area contributed by atoms with Crippen LogP contribution in [0.2, 0.25) is 0 Å². The van der Waals surface area contributed by atoms with Crippen LogP contribution < -0.4 is 0 Å². The standard InChI is InChI=1S/C11H19NO2S/c13-11(14)5-6-12(9-3-4-9)10-2-1-7-15-8-10/h9-10H,1-8H2,(H,13,14). The average molecular weight is 229 g/mol. The van der Waals surface area contributed by atoms with Crippen LogP contribution in [0.1, 0.15) is 32.1 Å². The zero-order valence-electron chi connectivity index (χ0n) is 9.02. The van der Waals surface area contributed by atoms with Crippen molar-refractivity contribution in [3.05, 3.63) is 0 Å². The van der Waals surface area contributed by atoms with Crippen molar-refractivity contribution in [3.63, 3.8) is 0 Å². The molecular weight excluding hydrogens is 210 g/mol. The van der Waals surface area contributed by atoms with Crippen LogP contribution in [0.5, 0.6) is 0 Å². The van der Waals surface area contributed by atoms with Gasteiger partial charge in [0.15, 0.2) is 0 Å². The van der Waals surface area contributed by atoms with Crippen molar-refractivity contribution in [2.24, 2.45) is 0 Å². The van der Waals surface area contributed by atoms with E-state index in [9.17, 15) is 4.79 Å². The van der Waals surface area contributed by atoms with Gasteiger partial charge >= 0.3 is 5.97 Å². The Morgan fingerprint density at radius 2 is 2.13 bits per heavy atom. The Morgan fingerprint density at radius 3 is 2.67 bits per heavy atom. The summed E-state index contributed by atoms with van der Waals surface area (Å²) in [6, 6.07) is 1.35. The first-order valence-corrected chi connectivity index (χ1v) is 6.98. The molecule has 1 aliphatic carbocycles. The van der Waals surface area contributed by atoms with E-state index in [0.717, 1.165) is 6.54 Å². The van der Waals surface area contributed by atoms with Gasteiger partial charge in [0.2, 0.25) is 0 Å². The molecule has 1 unspecified atom stereocenters. The summed E-state index contributed by atoms with van der Waals surface area (Å²) < 4.78 is 0. The molecule has 0 bridgehead atoms. The maximum atomic E-state index is 10.6. The Kier molecular flexibility index (Phi) is 3.92. The van der Waals surface area contributed by atoms with Crippen LogP contribution in [0, 0.1) is 0 Å². The summed E-state index contributed by atoms with van der Waals surface area (Å²) >= 11 is 2.02. The number of carboxylic acids is 1. The highest BCUT2D eigenvalue weighted by atomic mass is 32.2. The number of thioether (sulfide) groups is 1. The Morgan fingerprint density at radius 1 is 1.33 bits per heavy atom. The van der Waals surface area contributed by atoms with Crippen molar-refractivity contribution in [1.29, 1.82) is 0 Å². The van der Waals surface area contributed by atoms with E-state index < -0.39 is 5.97 Å². The van der Waals surface area contributed by atoms with Gasteiger partial charge in [-0.2, -0.15) is 11.8 Å². The van der Waals surface area contributed by atoms with Gasteiger partial charge in [-0.15, -0.1) is 0 Å². The largest absolute Gasteiger partial charge is 0.481 e. The Hall–Kier alpha value is -0.220. The summed E-state index contributed by atoms with van der Waals surface area (Å²) in [5.41, 5.74) is 0. The first-order valence-electron chi connectivity index (χ1n) is 5.82. The molecule has 0 aromatic heterocycles. The van der Waals surface area contributed by atoms with E-state index in [0.29, 0.717) is 18.5 Å². The molecular formula is C11H19NO2S. The molecule has 2 fully saturated rings. The van der Waals surface area contributed by atoms with Gasteiger partial charge in [0.05, 0.1) is 6.42 Å². The molecule has 0 radical (unpaired) electrons. The van der Waals surface area contributed by atoms with Crippen molar-refractivity contribution in [3.8, 4) is 0 Å². The molecule has 86 valence electrons. The molecule has 2 aliphatic rings. The number of nitrogens with zero attached hydrogens (tertiary/aromatic N) is 1. The highest BCUT2D eigenvalue weighted by Crippen LogP contribution is 2.32. The van der Waals surface area contributed by atoms with Crippen molar-refractivity contribution in [1.82, 2.24) is 4.90 Å². The molecule has 1 saturated carbocycles. The highest BCUT2D eigenvalue weighted by Gasteiger charge is 2.34. The van der Waals surface area contributed by atoms with Crippen LogP contribution in [0.25, 0.3) is 0 Å². The molecule has 1 atom stereocenters. The molecule has 1 saturated heterocycles. The molecule has 4 heteroatoms. The fourth-order valence-electron chi connectivity index (χ4n) is 2.28. The van der Waals surface area contributed by atoms with Crippen molar-refractivity contribution < 1.29 is 9.90 Å². The van der Waals surface area contributed by atoms with E-state index in [1.54, 1.807) is 0 Å². The lowest BCUT2D eigenvalue weighted by molar-refractivity contribution is -0.137. The average Bonchev–Trinajstić information content (AvgIpc) is 3.03. The summed E-state index contributed by atoms with van der Waals surface area (Å²) in [7, 11) is 0. The quantitative estimate of drug-likeness (QED) is 0.780. The first-order chi connectivity index (χ1) is 7.27. The minimum absolute atomic E-state index is 0.303. The summed E-state index contributed by atoms with van der Waals surface area (Å²) in [6.45, 7) is 0.755. The molecule has 0 spiro atoms. The molecule has 2 rings (SSSR count). The third kappa shape index (κ3) is 3.38. The van der Waals surface area contributed by atoms with Gasteiger partial charge in [-0.3, -0.25) is 9.69 Å². The number of rotatable bonds is 5. The molecule has 15 heavy (non-hydrogen) atoms. The summed E-state index contributed by atoms with van der Waals surface area (Å²) in [5, 5.41) is 8.73. The monoisotopic (exact) mass is 229 g/mol. The number of carbonyl (C=O) groups is 1. The Labute approximate surface area is 95.2 Å². The van der Waals surface area contributed by atoms with Gasteiger partial charge in [-0.25, -0.2) is 0 Å². The SMILES string of the molecule is O=C(O)CCN(C1CC1)C1CCCSC1. The smallest absolute Gasteiger partial charge is 0.304 e. The predicted molar refractivity (Wildman–Crippen MR) is 62.3 cm³/mol. The predicted octanol–water partition coefficient (Wildman–Crippen LogP) is 1.82. The molecule has 1 aliphatic heterocycles. The van der Waals surface area contributed by atoms with E-state index in [1.165, 1.54) is 37.2 Å². The topological polar surface area (TPSA) is 40.5 Å². The molecule has 0 aromatic carbocycles. The number of aliphatic carboxylic acids is 1. The van der Waals surface area contributed by atoms with E-state index in [4.69, 9.17) is 5.11 Å². The van der Waals surface area contributed by atoms with Crippen molar-refractivity contribution in [2.45, 2.75) is 44.2 Å². The van der Waals surface area contributed by atoms with Gasteiger partial charge < -0.3 is 5.11 Å². The van der Waals surface area contributed by atoms with Crippen LogP contribution in [0.15, 0.2) is 0 Å². The maximum Gasteiger partial charge on any atom is 0.304 e. The van der Waals surface area contributed by atoms with Crippen LogP contribution in [-0.4, -0.2) is 46.1 Å². The minimum atomic E-state index is -0.663. The fraction of sp³-hybridized carbons (Fsp3) is 0.909. The molecule has 3 nitrogen and oxygen atoms in total. The van der Waals surface area contributed by atoms with E-state index >= 15 is 0 Å². The second-order valence-electron chi connectivity index (χ2n) is 4.48. The minimum Gasteiger partial charge on any atom is -0.481 e. The number of hydrogen-bond donors (Lipinski definition) is 1. The zero-order chi connectivity index (χ0) is 10.7. The molecule has 1 N–H and O–H groups in total. The van der Waals surface area contributed by atoms with Crippen molar-refractivity contribution in [2.75, 3.05) is 18.1 Å². The first kappa shape index (κ1) is 11.3. The Balaban J connectivity index is 1.83.